The van der Waals surface area contributed by atoms with Crippen molar-refractivity contribution in [1.29, 1.82) is 0 Å². The highest BCUT2D eigenvalue weighted by atomic mass is 16.8. The monoisotopic (exact) mass is 1110 g/mol. The van der Waals surface area contributed by atoms with Gasteiger partial charge in [-0.3, -0.25) is 4.79 Å². The fourth-order valence-corrected chi connectivity index (χ4v) is 15.5. The maximum absolute atomic E-state index is 12.9. The number of aliphatic hydroxyl groups is 12. The molecule has 9 rings (SSSR count). The minimum absolute atomic E-state index is 0.0395. The number of carbonyl (C=O) groups excluding carboxylic acids is 1. The average Bonchev–Trinajstić information content (AvgIpc) is 3.98. The lowest BCUT2D eigenvalue weighted by Gasteiger charge is -2.64. The highest BCUT2D eigenvalue weighted by Gasteiger charge is 2.66. The van der Waals surface area contributed by atoms with Gasteiger partial charge in [0.1, 0.15) is 110 Å². The Hall–Kier alpha value is -1.51. The van der Waals surface area contributed by atoms with Crippen LogP contribution >= 0.6 is 0 Å². The van der Waals surface area contributed by atoms with E-state index in [4.69, 9.17) is 52.1 Å². The highest BCUT2D eigenvalue weighted by Crippen LogP contribution is 2.72. The van der Waals surface area contributed by atoms with Crippen LogP contribution in [-0.2, 0) is 56.9 Å². The largest absolute Gasteiger partial charge is 0.394 e. The van der Waals surface area contributed by atoms with Crippen molar-refractivity contribution in [3.05, 3.63) is 11.6 Å². The van der Waals surface area contributed by atoms with Crippen LogP contribution in [0, 0.1) is 39.4 Å². The molecule has 0 radical (unpaired) electrons. The second kappa shape index (κ2) is 22.9. The molecule has 77 heavy (non-hydrogen) atoms. The van der Waals surface area contributed by atoms with E-state index in [1.807, 2.05) is 0 Å². The normalized spacial score (nSPS) is 53.9. The Kier molecular flexibility index (Phi) is 17.9. The lowest BCUT2D eigenvalue weighted by molar-refractivity contribution is -0.403. The molecule has 5 saturated heterocycles. The van der Waals surface area contributed by atoms with E-state index in [9.17, 15) is 66.1 Å². The van der Waals surface area contributed by atoms with Gasteiger partial charge < -0.3 is 113 Å². The summed E-state index contributed by atoms with van der Waals surface area (Å²) in [4.78, 5) is 12.9. The van der Waals surface area contributed by atoms with Crippen LogP contribution in [0.4, 0.5) is 0 Å². The zero-order valence-corrected chi connectivity index (χ0v) is 45.2. The third-order valence-corrected chi connectivity index (χ3v) is 20.3. The van der Waals surface area contributed by atoms with Gasteiger partial charge in [-0.1, -0.05) is 46.3 Å². The molecule has 0 bridgehead atoms. The molecule has 0 aromatic carbocycles. The SMILES string of the molecule is CO[C@@H]1[C@@H](O)[C@H](O[C@@H]2[C@@H](O)[C@H](O[C@H]3[C@H](O)[C@@H](O[C@@H]4OC[C@@H](O)[C@H](O)[C@H]4O)[C@H](O[C@H]4[C@H](O[C@H]5CC[C@]6(C)[C@@H]7CC[C@]8(C)[C@@H](C(C)=O)CC[C@@]8(C)C7=CC[C@H]6C5(C)C)OC[C@@H](O)[C@@H]4O)O[C@@H]3C)O[C@H](CO)[C@H]2O)O[C@H](CO)[C@H]1O. The number of rotatable bonds is 14. The van der Waals surface area contributed by atoms with Gasteiger partial charge >= 0.3 is 0 Å². The molecule has 9 aliphatic rings. The molecule has 0 spiro atoms. The predicted molar refractivity (Wildman–Crippen MR) is 260 cm³/mol. The van der Waals surface area contributed by atoms with Crippen LogP contribution in [0.2, 0.25) is 0 Å². The lowest BCUT2D eigenvalue weighted by Crippen LogP contribution is -2.68. The second-order valence-corrected chi connectivity index (χ2v) is 24.7. The van der Waals surface area contributed by atoms with Crippen LogP contribution in [0.3, 0.4) is 0 Å². The van der Waals surface area contributed by atoms with Crippen molar-refractivity contribution in [1.82, 2.24) is 0 Å². The summed E-state index contributed by atoms with van der Waals surface area (Å²) in [7, 11) is 1.19. The van der Waals surface area contributed by atoms with Gasteiger partial charge in [-0.05, 0) is 92.3 Å². The molecule has 0 unspecified atom stereocenters. The van der Waals surface area contributed by atoms with E-state index in [1.165, 1.54) is 19.6 Å². The molecule has 8 fully saturated rings. The fourth-order valence-electron chi connectivity index (χ4n) is 15.5. The van der Waals surface area contributed by atoms with E-state index in [1.54, 1.807) is 6.92 Å². The number of aliphatic hydroxyl groups excluding tert-OH is 12. The number of carbonyl (C=O) groups is 1. The number of fused-ring (bicyclic) bond motifs is 5. The maximum Gasteiger partial charge on any atom is 0.187 e. The third-order valence-electron chi connectivity index (χ3n) is 20.3. The molecule has 0 amide bonds. The minimum atomic E-state index is -1.98. The van der Waals surface area contributed by atoms with E-state index in [2.05, 4.69) is 40.7 Å². The van der Waals surface area contributed by atoms with Crippen LogP contribution in [0.5, 0.6) is 0 Å². The van der Waals surface area contributed by atoms with Crippen LogP contribution in [0.15, 0.2) is 11.6 Å². The molecule has 4 aliphatic carbocycles. The summed E-state index contributed by atoms with van der Waals surface area (Å²) < 4.78 is 66.2. The van der Waals surface area contributed by atoms with Crippen LogP contribution in [-0.4, -0.2) is 248 Å². The topological polar surface area (TPSA) is 361 Å². The Bertz CT molecular complexity index is 2070. The van der Waals surface area contributed by atoms with E-state index in [0.717, 1.165) is 38.5 Å². The molecule has 30 atom stereocenters. The minimum Gasteiger partial charge on any atom is -0.394 e. The molecule has 442 valence electrons. The number of allylic oxidation sites excluding steroid dienone is 2. The van der Waals surface area contributed by atoms with Gasteiger partial charge in [-0.15, -0.1) is 0 Å². The van der Waals surface area contributed by atoms with Crippen LogP contribution in [0.25, 0.3) is 0 Å². The van der Waals surface area contributed by atoms with Crippen molar-refractivity contribution in [2.24, 2.45) is 39.4 Å². The lowest BCUT2D eigenvalue weighted by atomic mass is 9.41. The molecular weight excluding hydrogens is 1020 g/mol. The summed E-state index contributed by atoms with van der Waals surface area (Å²) in [6.45, 7) is 12.2. The van der Waals surface area contributed by atoms with Crippen molar-refractivity contribution in [2.45, 2.75) is 241 Å². The molecule has 3 saturated carbocycles. The highest BCUT2D eigenvalue weighted by molar-refractivity contribution is 5.80. The summed E-state index contributed by atoms with van der Waals surface area (Å²) in [6.07, 6.45) is -29.5. The number of Topliss-reactive ketones (excluding diaryl/α,β-unsaturated/α-hetero) is 1. The summed E-state index contributed by atoms with van der Waals surface area (Å²) in [5, 5.41) is 132. The van der Waals surface area contributed by atoms with Gasteiger partial charge in [0.15, 0.2) is 31.5 Å². The van der Waals surface area contributed by atoms with Crippen LogP contribution in [0.1, 0.15) is 93.4 Å². The standard InChI is InChI=1S/C53H86O24/c1-21(56)23-11-15-53(7)25-9-10-30-50(3,4)31(13-14-51(30,5)24(25)12-16-52(23,53)6)73-48-43(33(60)27(58)20-69-48)77-49-44(76-45-36(63)32(59)26(57)19-68-45)37(64)40(22(2)70-49)74-47-39(66)42(35(62)29(18-55)72-47)75-46-38(65)41(67-8)34(61)28(17-54)71-46/h9,22-24,26-49,54-55,57-66H,10-20H2,1-8H3/t22-,23-,24-,26-,27-,28-,29-,30+,31+,32+,33+,34-,35-,36-,37+,38-,39-,40-,41+,42+,43-,44-,45+,46+,47+,48+,49+,51-,52-,53+/m1/s1. The predicted octanol–water partition coefficient (Wildman–Crippen LogP) is -2.38. The van der Waals surface area contributed by atoms with Gasteiger partial charge in [0.2, 0.25) is 0 Å². The second-order valence-electron chi connectivity index (χ2n) is 24.7. The van der Waals surface area contributed by atoms with Crippen molar-refractivity contribution < 1.29 is 118 Å². The molecule has 12 N–H and O–H groups in total. The number of methoxy groups -OCH3 is 1. The van der Waals surface area contributed by atoms with Gasteiger partial charge in [0.05, 0.1) is 38.6 Å². The third kappa shape index (κ3) is 10.3. The summed E-state index contributed by atoms with van der Waals surface area (Å²) >= 11 is 0. The molecule has 24 heteroatoms. The Balaban J connectivity index is 0.946. The maximum atomic E-state index is 12.9. The van der Waals surface area contributed by atoms with Gasteiger partial charge in [0.25, 0.3) is 0 Å². The van der Waals surface area contributed by atoms with Gasteiger partial charge in [-0.25, -0.2) is 0 Å². The first-order chi connectivity index (χ1) is 36.3. The van der Waals surface area contributed by atoms with E-state index in [0.29, 0.717) is 12.3 Å². The number of ether oxygens (including phenoxy) is 11. The first-order valence-corrected chi connectivity index (χ1v) is 27.5. The smallest absolute Gasteiger partial charge is 0.187 e. The number of hydrogen-bond donors (Lipinski definition) is 12. The zero-order chi connectivity index (χ0) is 56.0. The summed E-state index contributed by atoms with van der Waals surface area (Å²) in [5.41, 5.74) is 0.731. The first kappa shape index (κ1) is 60.1. The van der Waals surface area contributed by atoms with Crippen molar-refractivity contribution >= 4 is 5.78 Å². The first-order valence-electron chi connectivity index (χ1n) is 27.5. The Morgan fingerprint density at radius 2 is 1.14 bits per heavy atom. The summed E-state index contributed by atoms with van der Waals surface area (Å²) in [5.74, 6) is 0.785. The summed E-state index contributed by atoms with van der Waals surface area (Å²) in [6, 6.07) is 0. The van der Waals surface area contributed by atoms with Crippen molar-refractivity contribution in [3.63, 3.8) is 0 Å². The van der Waals surface area contributed by atoms with Gasteiger partial charge in [0, 0.05) is 13.0 Å². The number of hydrogen-bond acceptors (Lipinski definition) is 24. The van der Waals surface area contributed by atoms with Gasteiger partial charge in [-0.2, -0.15) is 0 Å². The van der Waals surface area contributed by atoms with E-state index >= 15 is 0 Å². The Morgan fingerprint density at radius 3 is 1.77 bits per heavy atom. The fraction of sp³-hybridized carbons (Fsp3) is 0.943. The zero-order valence-electron chi connectivity index (χ0n) is 45.2. The molecule has 5 aliphatic heterocycles. The Morgan fingerprint density at radius 1 is 0.584 bits per heavy atom. The quantitative estimate of drug-likeness (QED) is 0.0809. The molecular formula is C53H86O24. The van der Waals surface area contributed by atoms with E-state index in [-0.39, 0.29) is 40.5 Å². The molecule has 0 aromatic heterocycles. The molecule has 24 nitrogen and oxygen atoms in total. The average molecular weight is 1110 g/mol. The van der Waals surface area contributed by atoms with Crippen LogP contribution < -0.4 is 0 Å². The van der Waals surface area contributed by atoms with Crippen molar-refractivity contribution in [2.75, 3.05) is 33.5 Å². The molecule has 5 heterocycles. The number of ketones is 1. The Labute approximate surface area is 448 Å². The molecule has 0 aromatic rings. The van der Waals surface area contributed by atoms with E-state index < -0.39 is 173 Å². The van der Waals surface area contributed by atoms with Crippen molar-refractivity contribution in [3.8, 4) is 0 Å².